The van der Waals surface area contributed by atoms with E-state index in [1.807, 2.05) is 6.92 Å². The SMILES string of the molecule is CCOC(=O)C=C1CCCN(S(=O)(=O)c2ccc(C)cc2)c2ccc(Cl)cc21. The summed E-state index contributed by atoms with van der Waals surface area (Å²) < 4.78 is 33.0. The number of fused-ring (bicyclic) bond motifs is 1. The van der Waals surface area contributed by atoms with Crippen LogP contribution in [0.2, 0.25) is 5.02 Å². The van der Waals surface area contributed by atoms with Crippen molar-refractivity contribution in [2.45, 2.75) is 31.6 Å². The summed E-state index contributed by atoms with van der Waals surface area (Å²) in [6, 6.07) is 11.8. The molecule has 1 aliphatic rings. The second kappa shape index (κ2) is 8.37. The van der Waals surface area contributed by atoms with Crippen LogP contribution in [-0.2, 0) is 19.6 Å². The van der Waals surface area contributed by atoms with E-state index < -0.39 is 16.0 Å². The molecule has 0 spiro atoms. The largest absolute Gasteiger partial charge is 0.463 e. The molecule has 0 radical (unpaired) electrons. The average Bonchev–Trinajstić information content (AvgIpc) is 2.82. The van der Waals surface area contributed by atoms with Crippen molar-refractivity contribution in [1.82, 2.24) is 0 Å². The average molecular weight is 420 g/mol. The maximum Gasteiger partial charge on any atom is 0.331 e. The van der Waals surface area contributed by atoms with E-state index in [1.54, 1.807) is 49.4 Å². The number of aryl methyl sites for hydroxylation is 1. The van der Waals surface area contributed by atoms with Crippen molar-refractivity contribution in [3.8, 4) is 0 Å². The van der Waals surface area contributed by atoms with Gasteiger partial charge in [-0.3, -0.25) is 4.31 Å². The summed E-state index contributed by atoms with van der Waals surface area (Å²) >= 11 is 6.18. The van der Waals surface area contributed by atoms with E-state index in [2.05, 4.69) is 0 Å². The molecular formula is C21H22ClNO4S. The van der Waals surface area contributed by atoms with Gasteiger partial charge in [-0.2, -0.15) is 0 Å². The minimum absolute atomic E-state index is 0.233. The lowest BCUT2D eigenvalue weighted by Gasteiger charge is -2.25. The van der Waals surface area contributed by atoms with E-state index in [-0.39, 0.29) is 11.5 Å². The van der Waals surface area contributed by atoms with Gasteiger partial charge in [-0.15, -0.1) is 0 Å². The molecule has 3 rings (SSSR count). The molecule has 5 nitrogen and oxygen atoms in total. The molecule has 0 N–H and O–H groups in total. The number of allylic oxidation sites excluding steroid dienone is 1. The van der Waals surface area contributed by atoms with Crippen molar-refractivity contribution >= 4 is 38.9 Å². The van der Waals surface area contributed by atoms with Crippen molar-refractivity contribution in [2.75, 3.05) is 17.5 Å². The smallest absolute Gasteiger partial charge is 0.331 e. The number of sulfonamides is 1. The highest BCUT2D eigenvalue weighted by Crippen LogP contribution is 2.38. The van der Waals surface area contributed by atoms with Crippen LogP contribution < -0.4 is 4.31 Å². The van der Waals surface area contributed by atoms with Crippen molar-refractivity contribution in [1.29, 1.82) is 0 Å². The van der Waals surface area contributed by atoms with Gasteiger partial charge in [0, 0.05) is 23.2 Å². The number of ether oxygens (including phenoxy) is 1. The van der Waals surface area contributed by atoms with Gasteiger partial charge in [-0.25, -0.2) is 13.2 Å². The number of halogens is 1. The summed E-state index contributed by atoms with van der Waals surface area (Å²) in [6.45, 7) is 4.24. The summed E-state index contributed by atoms with van der Waals surface area (Å²) in [4.78, 5) is 12.2. The maximum atomic E-state index is 13.3. The van der Waals surface area contributed by atoms with Crippen LogP contribution in [-0.4, -0.2) is 27.5 Å². The Labute approximate surface area is 170 Å². The number of hydrogen-bond acceptors (Lipinski definition) is 4. The van der Waals surface area contributed by atoms with Crippen LogP contribution in [0.3, 0.4) is 0 Å². The molecule has 0 aliphatic carbocycles. The molecule has 0 bridgehead atoms. The van der Waals surface area contributed by atoms with E-state index in [9.17, 15) is 13.2 Å². The standard InChI is InChI=1S/C21H22ClNO4S/c1-3-27-21(24)13-16-5-4-12-23(20-11-8-17(22)14-19(16)20)28(25,26)18-9-6-15(2)7-10-18/h6-11,13-14H,3-5,12H2,1-2H3. The number of esters is 1. The molecule has 0 fully saturated rings. The van der Waals surface area contributed by atoms with Gasteiger partial charge < -0.3 is 4.74 Å². The van der Waals surface area contributed by atoms with Crippen molar-refractivity contribution in [3.05, 3.63) is 64.7 Å². The van der Waals surface area contributed by atoms with Crippen molar-refractivity contribution in [3.63, 3.8) is 0 Å². The Hall–Kier alpha value is -2.31. The van der Waals surface area contributed by atoms with Gasteiger partial charge in [-0.05, 0) is 62.6 Å². The third-order valence-corrected chi connectivity index (χ3v) is 6.63. The highest BCUT2D eigenvalue weighted by Gasteiger charge is 2.29. The van der Waals surface area contributed by atoms with E-state index in [0.717, 1.165) is 11.1 Å². The highest BCUT2D eigenvalue weighted by molar-refractivity contribution is 7.92. The molecule has 0 amide bonds. The van der Waals surface area contributed by atoms with Gasteiger partial charge in [0.1, 0.15) is 0 Å². The third kappa shape index (κ3) is 4.23. The Balaban J connectivity index is 2.11. The highest BCUT2D eigenvalue weighted by atomic mass is 35.5. The van der Waals surface area contributed by atoms with E-state index in [4.69, 9.17) is 16.3 Å². The lowest BCUT2D eigenvalue weighted by molar-refractivity contribution is -0.137. The van der Waals surface area contributed by atoms with Crippen LogP contribution in [0.4, 0.5) is 5.69 Å². The first-order valence-electron chi connectivity index (χ1n) is 9.09. The van der Waals surface area contributed by atoms with Gasteiger partial charge in [0.15, 0.2) is 0 Å². The van der Waals surface area contributed by atoms with Gasteiger partial charge in [0.05, 0.1) is 17.2 Å². The predicted octanol–water partition coefficient (Wildman–Crippen LogP) is 4.58. The van der Waals surface area contributed by atoms with Gasteiger partial charge in [0.2, 0.25) is 0 Å². The Kier molecular flexibility index (Phi) is 6.10. The van der Waals surface area contributed by atoms with E-state index >= 15 is 0 Å². The first kappa shape index (κ1) is 20.4. The number of rotatable bonds is 4. The molecule has 7 heteroatoms. The Bertz CT molecular complexity index is 1010. The number of nitrogens with zero attached hydrogens (tertiary/aromatic N) is 1. The maximum absolute atomic E-state index is 13.3. The summed E-state index contributed by atoms with van der Waals surface area (Å²) in [5.41, 5.74) is 2.85. The van der Waals surface area contributed by atoms with Crippen LogP contribution in [0.25, 0.3) is 5.57 Å². The number of benzene rings is 2. The molecule has 0 saturated heterocycles. The lowest BCUT2D eigenvalue weighted by atomic mass is 10.0. The molecule has 2 aromatic rings. The second-order valence-corrected chi connectivity index (χ2v) is 8.88. The van der Waals surface area contributed by atoms with Gasteiger partial charge >= 0.3 is 5.97 Å². The molecule has 0 saturated carbocycles. The molecule has 28 heavy (non-hydrogen) atoms. The molecule has 0 unspecified atom stereocenters. The zero-order valence-electron chi connectivity index (χ0n) is 15.8. The third-order valence-electron chi connectivity index (χ3n) is 4.57. The van der Waals surface area contributed by atoms with Crippen LogP contribution in [0.15, 0.2) is 53.4 Å². The number of carbonyl (C=O) groups is 1. The predicted molar refractivity (Wildman–Crippen MR) is 111 cm³/mol. The zero-order chi connectivity index (χ0) is 20.3. The second-order valence-electron chi connectivity index (χ2n) is 6.58. The quantitative estimate of drug-likeness (QED) is 0.537. The molecule has 1 aliphatic heterocycles. The van der Waals surface area contributed by atoms with Crippen LogP contribution in [0, 0.1) is 6.92 Å². The Morgan fingerprint density at radius 3 is 2.61 bits per heavy atom. The summed E-state index contributed by atoms with van der Waals surface area (Å²) in [7, 11) is -3.74. The first-order chi connectivity index (χ1) is 13.3. The minimum atomic E-state index is -3.74. The normalized spacial score (nSPS) is 15.8. The molecule has 0 atom stereocenters. The summed E-state index contributed by atoms with van der Waals surface area (Å²) in [6.07, 6.45) is 2.55. The topological polar surface area (TPSA) is 63.7 Å². The van der Waals surface area contributed by atoms with Crippen LogP contribution in [0.5, 0.6) is 0 Å². The fraction of sp³-hybridized carbons (Fsp3) is 0.286. The van der Waals surface area contributed by atoms with Crippen LogP contribution in [0.1, 0.15) is 30.9 Å². The van der Waals surface area contributed by atoms with Crippen LogP contribution >= 0.6 is 11.6 Å². The fourth-order valence-corrected chi connectivity index (χ4v) is 4.91. The number of carbonyl (C=O) groups excluding carboxylic acids is 1. The lowest BCUT2D eigenvalue weighted by Crippen LogP contribution is -2.31. The zero-order valence-corrected chi connectivity index (χ0v) is 17.4. The Morgan fingerprint density at radius 2 is 1.93 bits per heavy atom. The fourth-order valence-electron chi connectivity index (χ4n) is 3.21. The molecule has 0 aromatic heterocycles. The summed E-state index contributed by atoms with van der Waals surface area (Å²) in [5.74, 6) is -0.446. The minimum Gasteiger partial charge on any atom is -0.463 e. The van der Waals surface area contributed by atoms with E-state index in [0.29, 0.717) is 35.7 Å². The monoisotopic (exact) mass is 419 g/mol. The Morgan fingerprint density at radius 1 is 1.21 bits per heavy atom. The molecule has 148 valence electrons. The number of hydrogen-bond donors (Lipinski definition) is 0. The number of anilines is 1. The van der Waals surface area contributed by atoms with Gasteiger partial charge in [-0.1, -0.05) is 29.3 Å². The molecular weight excluding hydrogens is 398 g/mol. The molecule has 1 heterocycles. The first-order valence-corrected chi connectivity index (χ1v) is 10.9. The van der Waals surface area contributed by atoms with Gasteiger partial charge in [0.25, 0.3) is 10.0 Å². The van der Waals surface area contributed by atoms with Crippen molar-refractivity contribution in [2.24, 2.45) is 0 Å². The summed E-state index contributed by atoms with van der Waals surface area (Å²) in [5, 5.41) is 0.475. The van der Waals surface area contributed by atoms with E-state index in [1.165, 1.54) is 10.4 Å². The molecule has 2 aromatic carbocycles. The van der Waals surface area contributed by atoms with Crippen molar-refractivity contribution < 1.29 is 17.9 Å².